The molecule has 1 saturated heterocycles. The van der Waals surface area contributed by atoms with Gasteiger partial charge in [0.05, 0.1) is 12.9 Å². The van der Waals surface area contributed by atoms with Crippen LogP contribution in [-0.4, -0.2) is 53.0 Å². The minimum atomic E-state index is -0.564. The number of aromatic nitrogens is 2. The summed E-state index contributed by atoms with van der Waals surface area (Å²) in [6.07, 6.45) is 2.37. The Morgan fingerprint density at radius 2 is 2.19 bits per heavy atom. The third kappa shape index (κ3) is 4.74. The maximum absolute atomic E-state index is 12.4. The van der Waals surface area contributed by atoms with Gasteiger partial charge in [0, 0.05) is 19.6 Å². The van der Waals surface area contributed by atoms with Gasteiger partial charge in [-0.3, -0.25) is 9.69 Å². The highest BCUT2D eigenvalue weighted by Crippen LogP contribution is 2.19. The van der Waals surface area contributed by atoms with Crippen molar-refractivity contribution in [3.63, 3.8) is 0 Å². The van der Waals surface area contributed by atoms with Gasteiger partial charge in [-0.25, -0.2) is 9.78 Å². The van der Waals surface area contributed by atoms with Crippen LogP contribution in [-0.2, 0) is 11.3 Å². The SMILES string of the molecule is CCOC(=O)c1[nH]cnc1C(=O)NC[C@H]1CCN(Cc2ccccc2C)C1. The number of rotatable bonds is 7. The van der Waals surface area contributed by atoms with Gasteiger partial charge in [-0.1, -0.05) is 24.3 Å². The molecule has 3 rings (SSSR count). The van der Waals surface area contributed by atoms with Gasteiger partial charge >= 0.3 is 5.97 Å². The molecule has 0 radical (unpaired) electrons. The van der Waals surface area contributed by atoms with E-state index in [-0.39, 0.29) is 23.9 Å². The third-order valence-electron chi connectivity index (χ3n) is 4.91. The van der Waals surface area contributed by atoms with Gasteiger partial charge < -0.3 is 15.0 Å². The maximum atomic E-state index is 12.4. The maximum Gasteiger partial charge on any atom is 0.357 e. The first-order valence-corrected chi connectivity index (χ1v) is 9.34. The third-order valence-corrected chi connectivity index (χ3v) is 4.91. The number of imidazole rings is 1. The Hall–Kier alpha value is -2.67. The number of amides is 1. The number of hydrogen-bond acceptors (Lipinski definition) is 5. The first-order valence-electron chi connectivity index (χ1n) is 9.34. The zero-order valence-electron chi connectivity index (χ0n) is 15.8. The number of hydrogen-bond donors (Lipinski definition) is 2. The van der Waals surface area contributed by atoms with Crippen LogP contribution in [0.3, 0.4) is 0 Å². The van der Waals surface area contributed by atoms with Gasteiger partial charge in [0.1, 0.15) is 0 Å². The number of aromatic amines is 1. The summed E-state index contributed by atoms with van der Waals surface area (Å²) < 4.78 is 4.94. The van der Waals surface area contributed by atoms with Gasteiger partial charge in [-0.15, -0.1) is 0 Å². The second kappa shape index (κ2) is 8.81. The summed E-state index contributed by atoms with van der Waals surface area (Å²) in [5, 5.41) is 2.90. The molecule has 0 bridgehead atoms. The number of aryl methyl sites for hydroxylation is 1. The summed E-state index contributed by atoms with van der Waals surface area (Å²) >= 11 is 0. The second-order valence-electron chi connectivity index (χ2n) is 6.87. The van der Waals surface area contributed by atoms with E-state index in [4.69, 9.17) is 4.74 Å². The van der Waals surface area contributed by atoms with Crippen molar-refractivity contribution in [3.05, 3.63) is 53.1 Å². The van der Waals surface area contributed by atoms with Crippen molar-refractivity contribution >= 4 is 11.9 Å². The monoisotopic (exact) mass is 370 g/mol. The summed E-state index contributed by atoms with van der Waals surface area (Å²) in [5.74, 6) is -0.523. The lowest BCUT2D eigenvalue weighted by molar-refractivity contribution is 0.0516. The Balaban J connectivity index is 1.50. The van der Waals surface area contributed by atoms with Crippen LogP contribution in [0.2, 0.25) is 0 Å². The molecule has 2 aromatic rings. The number of ether oxygens (including phenoxy) is 1. The smallest absolute Gasteiger partial charge is 0.357 e. The van der Waals surface area contributed by atoms with Crippen LogP contribution in [0.25, 0.3) is 0 Å². The van der Waals surface area contributed by atoms with Crippen LogP contribution < -0.4 is 5.32 Å². The average molecular weight is 370 g/mol. The zero-order chi connectivity index (χ0) is 19.2. The molecule has 27 heavy (non-hydrogen) atoms. The number of benzene rings is 1. The predicted octanol–water partition coefficient (Wildman–Crippen LogP) is 2.15. The fraction of sp³-hybridized carbons (Fsp3) is 0.450. The number of nitrogens with zero attached hydrogens (tertiary/aromatic N) is 2. The Kier molecular flexibility index (Phi) is 6.24. The van der Waals surface area contributed by atoms with Crippen molar-refractivity contribution in [2.24, 2.45) is 5.92 Å². The first-order chi connectivity index (χ1) is 13.1. The molecule has 0 spiro atoms. The number of nitrogens with one attached hydrogen (secondary N) is 2. The average Bonchev–Trinajstić information content (AvgIpc) is 3.31. The Bertz CT molecular complexity index is 802. The molecule has 7 heteroatoms. The summed E-state index contributed by atoms with van der Waals surface area (Å²) in [7, 11) is 0. The number of likely N-dealkylation sites (tertiary alicyclic amines) is 1. The summed E-state index contributed by atoms with van der Waals surface area (Å²) in [5.41, 5.74) is 2.84. The second-order valence-corrected chi connectivity index (χ2v) is 6.87. The van der Waals surface area contributed by atoms with E-state index in [1.54, 1.807) is 6.92 Å². The van der Waals surface area contributed by atoms with Crippen molar-refractivity contribution < 1.29 is 14.3 Å². The highest BCUT2D eigenvalue weighted by molar-refractivity contribution is 6.02. The molecule has 1 aliphatic rings. The Morgan fingerprint density at radius 3 is 2.96 bits per heavy atom. The normalized spacial score (nSPS) is 17.0. The molecule has 0 aliphatic carbocycles. The lowest BCUT2D eigenvalue weighted by Gasteiger charge is -2.17. The van der Waals surface area contributed by atoms with Crippen molar-refractivity contribution in [1.82, 2.24) is 20.2 Å². The summed E-state index contributed by atoms with van der Waals surface area (Å²) in [6.45, 7) is 7.57. The molecular weight excluding hydrogens is 344 g/mol. The summed E-state index contributed by atoms with van der Waals surface area (Å²) in [4.78, 5) is 33.3. The van der Waals surface area contributed by atoms with E-state index in [0.29, 0.717) is 12.5 Å². The topological polar surface area (TPSA) is 87.3 Å². The molecule has 1 fully saturated rings. The molecule has 1 aromatic heterocycles. The molecule has 1 aliphatic heterocycles. The van der Waals surface area contributed by atoms with E-state index >= 15 is 0 Å². The molecule has 0 saturated carbocycles. The van der Waals surface area contributed by atoms with Crippen molar-refractivity contribution in [1.29, 1.82) is 0 Å². The van der Waals surface area contributed by atoms with Crippen molar-refractivity contribution in [2.45, 2.75) is 26.8 Å². The van der Waals surface area contributed by atoms with Crippen LogP contribution in [0.4, 0.5) is 0 Å². The van der Waals surface area contributed by atoms with Crippen LogP contribution in [0.1, 0.15) is 45.4 Å². The van der Waals surface area contributed by atoms with E-state index in [9.17, 15) is 9.59 Å². The van der Waals surface area contributed by atoms with Gasteiger partial charge in [-0.05, 0) is 43.9 Å². The Morgan fingerprint density at radius 1 is 1.37 bits per heavy atom. The number of carbonyl (C=O) groups excluding carboxylic acids is 2. The molecule has 2 N–H and O–H groups in total. The van der Waals surface area contributed by atoms with Crippen LogP contribution >= 0.6 is 0 Å². The minimum absolute atomic E-state index is 0.0863. The lowest BCUT2D eigenvalue weighted by atomic mass is 10.1. The molecule has 1 atom stereocenters. The number of carbonyl (C=O) groups is 2. The molecule has 144 valence electrons. The van der Waals surface area contributed by atoms with E-state index in [1.165, 1.54) is 17.5 Å². The van der Waals surface area contributed by atoms with Crippen molar-refractivity contribution in [3.8, 4) is 0 Å². The molecule has 7 nitrogen and oxygen atoms in total. The van der Waals surface area contributed by atoms with Crippen LogP contribution in [0.15, 0.2) is 30.6 Å². The number of esters is 1. The largest absolute Gasteiger partial charge is 0.461 e. The predicted molar refractivity (Wildman–Crippen MR) is 101 cm³/mol. The number of H-pyrrole nitrogens is 1. The molecule has 1 aromatic carbocycles. The van der Waals surface area contributed by atoms with E-state index in [2.05, 4.69) is 51.4 Å². The quantitative estimate of drug-likeness (QED) is 0.729. The fourth-order valence-electron chi connectivity index (χ4n) is 3.40. The van der Waals surface area contributed by atoms with Gasteiger partial charge in [0.2, 0.25) is 0 Å². The molecule has 0 unspecified atom stereocenters. The summed E-state index contributed by atoms with van der Waals surface area (Å²) in [6, 6.07) is 8.43. The highest BCUT2D eigenvalue weighted by atomic mass is 16.5. The highest BCUT2D eigenvalue weighted by Gasteiger charge is 2.25. The fourth-order valence-corrected chi connectivity index (χ4v) is 3.40. The van der Waals surface area contributed by atoms with Crippen LogP contribution in [0, 0.1) is 12.8 Å². The molecule has 1 amide bonds. The van der Waals surface area contributed by atoms with E-state index in [0.717, 1.165) is 26.1 Å². The standard InChI is InChI=1S/C20H26N4O3/c1-3-27-20(26)18-17(22-13-23-18)19(25)21-10-15-8-9-24(11-15)12-16-7-5-4-6-14(16)2/h4-7,13,15H,3,8-12H2,1-2H3,(H,21,25)(H,22,23)/t15-/m1/s1. The molecular formula is C20H26N4O3. The van der Waals surface area contributed by atoms with Gasteiger partial charge in [-0.2, -0.15) is 0 Å². The van der Waals surface area contributed by atoms with E-state index in [1.807, 2.05) is 0 Å². The van der Waals surface area contributed by atoms with Gasteiger partial charge in [0.15, 0.2) is 11.4 Å². The lowest BCUT2D eigenvalue weighted by Crippen LogP contribution is -2.32. The Labute approximate surface area is 159 Å². The zero-order valence-corrected chi connectivity index (χ0v) is 15.8. The van der Waals surface area contributed by atoms with Crippen LogP contribution in [0.5, 0.6) is 0 Å². The van der Waals surface area contributed by atoms with E-state index < -0.39 is 5.97 Å². The molecule has 2 heterocycles. The first kappa shape index (κ1) is 19.1. The van der Waals surface area contributed by atoms with Gasteiger partial charge in [0.25, 0.3) is 5.91 Å². The minimum Gasteiger partial charge on any atom is -0.461 e. The van der Waals surface area contributed by atoms with Crippen molar-refractivity contribution in [2.75, 3.05) is 26.2 Å².